The molecule has 24 heavy (non-hydrogen) atoms. The molecule has 2 aliphatic rings. The molecule has 2 aliphatic heterocycles. The molecule has 0 bridgehead atoms. The van der Waals surface area contributed by atoms with Gasteiger partial charge in [0.1, 0.15) is 16.9 Å². The molecule has 1 aromatic carbocycles. The highest BCUT2D eigenvalue weighted by Crippen LogP contribution is 2.35. The fourth-order valence-corrected chi connectivity index (χ4v) is 3.65. The van der Waals surface area contributed by atoms with Crippen molar-refractivity contribution in [2.75, 3.05) is 30.3 Å². The highest BCUT2D eigenvalue weighted by Gasteiger charge is 2.30. The van der Waals surface area contributed by atoms with E-state index in [4.69, 9.17) is 10.2 Å². The minimum absolute atomic E-state index is 0.177. The molecule has 0 radical (unpaired) electrons. The number of hydrogen-bond acceptors (Lipinski definition) is 6. The third-order valence-electron chi connectivity index (χ3n) is 4.81. The Kier molecular flexibility index (Phi) is 2.74. The van der Waals surface area contributed by atoms with Gasteiger partial charge in [-0.1, -0.05) is 6.08 Å². The van der Waals surface area contributed by atoms with Crippen LogP contribution in [0.4, 0.5) is 16.2 Å². The minimum Gasteiger partial charge on any atom is -0.450 e. The van der Waals surface area contributed by atoms with Crippen molar-refractivity contribution in [3.8, 4) is 0 Å². The molecular weight excluding hydrogens is 309 g/mol. The predicted molar refractivity (Wildman–Crippen MR) is 90.1 cm³/mol. The van der Waals surface area contributed by atoms with Gasteiger partial charge >= 0.3 is 0 Å². The van der Waals surface area contributed by atoms with Crippen molar-refractivity contribution in [1.29, 1.82) is 0 Å². The van der Waals surface area contributed by atoms with Crippen molar-refractivity contribution in [2.45, 2.75) is 12.5 Å². The van der Waals surface area contributed by atoms with Gasteiger partial charge in [0.15, 0.2) is 11.4 Å². The molecule has 0 amide bonds. The summed E-state index contributed by atoms with van der Waals surface area (Å²) in [6.07, 6.45) is 5.39. The number of piperazine rings is 1. The second kappa shape index (κ2) is 4.83. The predicted octanol–water partition coefficient (Wildman–Crippen LogP) is 2.51. The fourth-order valence-electron chi connectivity index (χ4n) is 3.65. The highest BCUT2D eigenvalue weighted by atomic mass is 19.1. The summed E-state index contributed by atoms with van der Waals surface area (Å²) < 4.78 is 19.5. The SMILES string of the molecule is Nc1nc(N2CCN3C=CCC3C2)c2oc3ccc(F)cc3c2n1. The van der Waals surface area contributed by atoms with E-state index in [9.17, 15) is 4.39 Å². The Morgan fingerprint density at radius 3 is 3.08 bits per heavy atom. The summed E-state index contributed by atoms with van der Waals surface area (Å²) in [5, 5.41) is 0.626. The summed E-state index contributed by atoms with van der Waals surface area (Å²) in [5.41, 5.74) is 7.65. The molecule has 1 unspecified atom stereocenters. The third kappa shape index (κ3) is 1.94. The van der Waals surface area contributed by atoms with Crippen molar-refractivity contribution in [2.24, 2.45) is 0 Å². The molecule has 5 rings (SSSR count). The Balaban J connectivity index is 1.66. The fraction of sp³-hybridized carbons (Fsp3) is 0.294. The number of halogens is 1. The van der Waals surface area contributed by atoms with E-state index in [1.807, 2.05) is 0 Å². The van der Waals surface area contributed by atoms with E-state index in [1.165, 1.54) is 12.1 Å². The van der Waals surface area contributed by atoms with E-state index in [0.29, 0.717) is 33.9 Å². The molecule has 6 nitrogen and oxygen atoms in total. The van der Waals surface area contributed by atoms with E-state index in [-0.39, 0.29) is 11.8 Å². The van der Waals surface area contributed by atoms with Crippen molar-refractivity contribution in [1.82, 2.24) is 14.9 Å². The molecule has 7 heteroatoms. The number of benzene rings is 1. The van der Waals surface area contributed by atoms with Crippen LogP contribution >= 0.6 is 0 Å². The van der Waals surface area contributed by atoms with Crippen LogP contribution in [0.25, 0.3) is 22.1 Å². The van der Waals surface area contributed by atoms with Crippen molar-refractivity contribution in [3.05, 3.63) is 36.3 Å². The van der Waals surface area contributed by atoms with E-state index >= 15 is 0 Å². The Morgan fingerprint density at radius 2 is 2.17 bits per heavy atom. The standard InChI is InChI=1S/C17H16FN5O/c18-10-3-4-13-12(8-10)14-15(24-13)16(21-17(19)20-14)23-7-6-22-5-1-2-11(22)9-23/h1,3-5,8,11H,2,6-7,9H2,(H2,19,20,21). The van der Waals surface area contributed by atoms with Crippen molar-refractivity contribution in [3.63, 3.8) is 0 Å². The number of fused-ring (bicyclic) bond motifs is 4. The van der Waals surface area contributed by atoms with Crippen LogP contribution in [0.1, 0.15) is 6.42 Å². The molecule has 1 saturated heterocycles. The van der Waals surface area contributed by atoms with Crippen LogP contribution in [-0.4, -0.2) is 40.5 Å². The van der Waals surface area contributed by atoms with Gasteiger partial charge in [0.05, 0.1) is 0 Å². The first kappa shape index (κ1) is 13.6. The lowest BCUT2D eigenvalue weighted by atomic mass is 10.1. The van der Waals surface area contributed by atoms with Gasteiger partial charge in [-0.15, -0.1) is 0 Å². The number of rotatable bonds is 1. The van der Waals surface area contributed by atoms with Crippen LogP contribution in [0.15, 0.2) is 34.9 Å². The average molecular weight is 325 g/mol. The summed E-state index contributed by atoms with van der Waals surface area (Å²) in [6.45, 7) is 2.61. The van der Waals surface area contributed by atoms with Crippen LogP contribution in [0.5, 0.6) is 0 Å². The van der Waals surface area contributed by atoms with Crippen LogP contribution in [0, 0.1) is 5.82 Å². The summed E-state index contributed by atoms with van der Waals surface area (Å²) in [6, 6.07) is 4.87. The maximum absolute atomic E-state index is 13.6. The number of hydrogen-bond donors (Lipinski definition) is 1. The molecule has 2 N–H and O–H groups in total. The van der Waals surface area contributed by atoms with Gasteiger partial charge < -0.3 is 20.0 Å². The Morgan fingerprint density at radius 1 is 1.25 bits per heavy atom. The van der Waals surface area contributed by atoms with Gasteiger partial charge in [-0.05, 0) is 30.8 Å². The highest BCUT2D eigenvalue weighted by molar-refractivity contribution is 6.06. The minimum atomic E-state index is -0.324. The smallest absolute Gasteiger partial charge is 0.222 e. The molecule has 4 heterocycles. The summed E-state index contributed by atoms with van der Waals surface area (Å²) in [5.74, 6) is 0.548. The molecule has 2 aromatic heterocycles. The van der Waals surface area contributed by atoms with Gasteiger partial charge in [-0.3, -0.25) is 0 Å². The lowest BCUT2D eigenvalue weighted by molar-refractivity contribution is 0.270. The zero-order valence-electron chi connectivity index (χ0n) is 12.9. The van der Waals surface area contributed by atoms with Crippen molar-refractivity contribution >= 4 is 33.8 Å². The second-order valence-electron chi connectivity index (χ2n) is 6.28. The quantitative estimate of drug-likeness (QED) is 0.741. The second-order valence-corrected chi connectivity index (χ2v) is 6.28. The molecule has 122 valence electrons. The number of nitrogen functional groups attached to an aromatic ring is 1. The molecule has 0 saturated carbocycles. The van der Waals surface area contributed by atoms with Crippen molar-refractivity contribution < 1.29 is 8.81 Å². The molecule has 1 atom stereocenters. The monoisotopic (exact) mass is 325 g/mol. The van der Waals surface area contributed by atoms with Crippen LogP contribution in [0.3, 0.4) is 0 Å². The summed E-state index contributed by atoms with van der Waals surface area (Å²) in [4.78, 5) is 13.2. The van der Waals surface area contributed by atoms with E-state index < -0.39 is 0 Å². The molecule has 0 spiro atoms. The number of nitrogens with zero attached hydrogens (tertiary/aromatic N) is 4. The number of nitrogens with two attached hydrogens (primary N) is 1. The number of anilines is 2. The molecule has 1 fully saturated rings. The van der Waals surface area contributed by atoms with Gasteiger partial charge in [0.2, 0.25) is 5.95 Å². The Hall–Kier alpha value is -2.83. The van der Waals surface area contributed by atoms with Gasteiger partial charge in [0.25, 0.3) is 0 Å². The number of furan rings is 1. The Bertz CT molecular complexity index is 982. The normalized spacial score (nSPS) is 20.3. The van der Waals surface area contributed by atoms with E-state index in [0.717, 1.165) is 26.1 Å². The van der Waals surface area contributed by atoms with Crippen LogP contribution < -0.4 is 10.6 Å². The lowest BCUT2D eigenvalue weighted by Crippen LogP contribution is -2.49. The first-order chi connectivity index (χ1) is 11.7. The topological polar surface area (TPSA) is 71.4 Å². The lowest BCUT2D eigenvalue weighted by Gasteiger charge is -2.38. The maximum Gasteiger partial charge on any atom is 0.222 e. The molecule has 3 aromatic rings. The third-order valence-corrected chi connectivity index (χ3v) is 4.81. The first-order valence-corrected chi connectivity index (χ1v) is 8.02. The summed E-state index contributed by atoms with van der Waals surface area (Å²) >= 11 is 0. The number of aromatic nitrogens is 2. The average Bonchev–Trinajstić information content (AvgIpc) is 3.18. The zero-order chi connectivity index (χ0) is 16.3. The molecular formula is C17H16FN5O. The zero-order valence-corrected chi connectivity index (χ0v) is 12.9. The van der Waals surface area contributed by atoms with E-state index in [2.05, 4.69) is 32.0 Å². The van der Waals surface area contributed by atoms with E-state index in [1.54, 1.807) is 6.07 Å². The first-order valence-electron chi connectivity index (χ1n) is 8.02. The largest absolute Gasteiger partial charge is 0.450 e. The molecule has 0 aliphatic carbocycles. The van der Waals surface area contributed by atoms with Crippen LogP contribution in [-0.2, 0) is 0 Å². The van der Waals surface area contributed by atoms with Gasteiger partial charge in [0, 0.05) is 31.1 Å². The summed E-state index contributed by atoms with van der Waals surface area (Å²) in [7, 11) is 0. The van der Waals surface area contributed by atoms with Gasteiger partial charge in [-0.25, -0.2) is 9.37 Å². The van der Waals surface area contributed by atoms with Gasteiger partial charge in [-0.2, -0.15) is 4.98 Å². The van der Waals surface area contributed by atoms with Crippen LogP contribution in [0.2, 0.25) is 0 Å². The maximum atomic E-state index is 13.6. The Labute approximate surface area is 137 Å².